The summed E-state index contributed by atoms with van der Waals surface area (Å²) in [6.45, 7) is 18.5. The Hall–Kier alpha value is -6.92. The van der Waals surface area contributed by atoms with Crippen LogP contribution in [0.25, 0.3) is 43.9 Å². The van der Waals surface area contributed by atoms with Crippen LogP contribution < -0.4 is 31.1 Å². The second-order valence-corrected chi connectivity index (χ2v) is 20.7. The second kappa shape index (κ2) is 12.8. The van der Waals surface area contributed by atoms with E-state index in [0.717, 1.165) is 78.7 Å². The van der Waals surface area contributed by atoms with Gasteiger partial charge in [0.1, 0.15) is 11.2 Å². The lowest BCUT2D eigenvalue weighted by Crippen LogP contribution is -2.65. The van der Waals surface area contributed by atoms with Crippen LogP contribution in [-0.2, 0) is 5.41 Å². The molecule has 3 aliphatic heterocycles. The number of anilines is 8. The molecule has 2 aromatic heterocycles. The van der Waals surface area contributed by atoms with Gasteiger partial charge in [-0.05, 0) is 124 Å². The topological polar surface area (TPSA) is 36.0 Å². The van der Waals surface area contributed by atoms with E-state index in [-0.39, 0.29) is 17.5 Å². The minimum Gasteiger partial charge on any atom is -0.454 e. The van der Waals surface area contributed by atoms with Crippen molar-refractivity contribution in [2.75, 3.05) is 14.7 Å². The van der Waals surface area contributed by atoms with Crippen LogP contribution in [0, 0.1) is 18.3 Å². The first kappa shape index (κ1) is 37.6. The fourth-order valence-electron chi connectivity index (χ4n) is 11.8. The van der Waals surface area contributed by atoms with Crippen LogP contribution >= 0.6 is 0 Å². The van der Waals surface area contributed by atoms with Gasteiger partial charge in [0.05, 0.1) is 11.4 Å². The minimum absolute atomic E-state index is 0.0108. The van der Waals surface area contributed by atoms with Crippen LogP contribution in [-0.4, -0.2) is 6.71 Å². The zero-order valence-corrected chi connectivity index (χ0v) is 37.8. The zero-order chi connectivity index (χ0) is 43.6. The second-order valence-electron chi connectivity index (χ2n) is 20.7. The third-order valence-electron chi connectivity index (χ3n) is 14.5. The van der Waals surface area contributed by atoms with Gasteiger partial charge in [0, 0.05) is 61.4 Å². The van der Waals surface area contributed by atoms with E-state index in [1.165, 1.54) is 55.8 Å². The lowest BCUT2D eigenvalue weighted by atomic mass is 9.31. The van der Waals surface area contributed by atoms with Gasteiger partial charge in [-0.15, -0.1) is 0 Å². The molecule has 5 heterocycles. The lowest BCUT2D eigenvalue weighted by molar-refractivity contribution is 0.428. The highest BCUT2D eigenvalue weighted by Gasteiger charge is 2.52. The Bertz CT molecular complexity index is 3540. The third kappa shape index (κ3) is 5.08. The molecule has 1 aliphatic carbocycles. The van der Waals surface area contributed by atoms with E-state index in [0.29, 0.717) is 5.92 Å². The van der Waals surface area contributed by atoms with Crippen molar-refractivity contribution in [3.05, 3.63) is 162 Å². The van der Waals surface area contributed by atoms with Gasteiger partial charge in [-0.3, -0.25) is 0 Å². The van der Waals surface area contributed by atoms with Crippen LogP contribution in [0.5, 0.6) is 0 Å². The highest BCUT2D eigenvalue weighted by Crippen LogP contribution is 2.55. The molecule has 4 aliphatic rings. The number of aryl methyl sites for hydroxylation is 1. The number of para-hydroxylation sites is 3. The first-order chi connectivity index (χ1) is 30.8. The van der Waals surface area contributed by atoms with Gasteiger partial charge in [-0.2, -0.15) is 0 Å². The summed E-state index contributed by atoms with van der Waals surface area (Å²) < 4.78 is 14.3. The molecule has 0 bridgehead atoms. The molecule has 0 spiro atoms. The number of fused-ring (bicyclic) bond motifs is 8. The van der Waals surface area contributed by atoms with E-state index in [1.54, 1.807) is 0 Å². The summed E-state index contributed by atoms with van der Waals surface area (Å²) in [7, 11) is 0. The van der Waals surface area contributed by atoms with E-state index >= 15 is 0 Å². The summed E-state index contributed by atoms with van der Waals surface area (Å²) in [6.07, 6.45) is 5.76. The van der Waals surface area contributed by atoms with Crippen molar-refractivity contribution in [3.63, 3.8) is 0 Å². The van der Waals surface area contributed by atoms with E-state index in [9.17, 15) is 0 Å². The molecule has 0 saturated carbocycles. The van der Waals surface area contributed by atoms with E-state index in [2.05, 4.69) is 210 Å². The molecule has 5 nitrogen and oxygen atoms in total. The van der Waals surface area contributed by atoms with Gasteiger partial charge in [-0.1, -0.05) is 127 Å². The molecular weight excluding hydrogens is 781 g/mol. The summed E-state index contributed by atoms with van der Waals surface area (Å²) in [5.74, 6) is 0.375. The molecule has 7 aromatic carbocycles. The monoisotopic (exact) mass is 831 g/mol. The lowest BCUT2D eigenvalue weighted by Gasteiger charge is -2.50. The van der Waals surface area contributed by atoms with Crippen LogP contribution in [0.1, 0.15) is 66.0 Å². The number of allylic oxidation sites excluding steroid dienone is 4. The van der Waals surface area contributed by atoms with Crippen molar-refractivity contribution in [2.45, 2.75) is 67.2 Å². The molecule has 0 N–H and O–H groups in total. The van der Waals surface area contributed by atoms with Crippen molar-refractivity contribution in [3.8, 4) is 0 Å². The first-order valence-electron chi connectivity index (χ1n) is 22.9. The van der Waals surface area contributed by atoms with E-state index < -0.39 is 0 Å². The summed E-state index contributed by atoms with van der Waals surface area (Å²) in [4.78, 5) is 7.68. The number of benzene rings is 7. The molecule has 6 heteroatoms. The zero-order valence-electron chi connectivity index (χ0n) is 37.8. The first-order valence-corrected chi connectivity index (χ1v) is 22.9. The molecule has 0 amide bonds. The van der Waals surface area contributed by atoms with Gasteiger partial charge in [0.15, 0.2) is 11.2 Å². The standard InChI is InChI=1S/C58H50BN3O2/c1-33-28-44-50-45(29-33)62(37-24-22-35(23-25-37)57(3,4)5)54-52-47(32-42-40-19-13-15-21-49(40)64-56(42)54)61(36-16-10-9-11-17-36)53-51(59(50)52)46(31-41-39-18-12-14-20-48(39)63-55(41)53)60(44)38-26-27-43(34(2)30-38)58(6,7)8/h9-29,31-32,34H,30H2,1-8H3. The molecule has 0 saturated heterocycles. The third-order valence-corrected chi connectivity index (χ3v) is 14.5. The Balaban J connectivity index is 1.23. The van der Waals surface area contributed by atoms with E-state index in [1.807, 2.05) is 0 Å². The minimum atomic E-state index is -0.112. The molecule has 13 rings (SSSR count). The average molecular weight is 832 g/mol. The fraction of sp³-hybridized carbons (Fsp3) is 0.207. The van der Waals surface area contributed by atoms with Gasteiger partial charge < -0.3 is 23.5 Å². The van der Waals surface area contributed by atoms with Crippen LogP contribution in [0.4, 0.5) is 45.5 Å². The number of furan rings is 2. The van der Waals surface area contributed by atoms with E-state index in [4.69, 9.17) is 8.83 Å². The molecule has 0 radical (unpaired) electrons. The Morgan fingerprint density at radius 2 is 1.02 bits per heavy atom. The smallest absolute Gasteiger partial charge is 0.258 e. The Morgan fingerprint density at radius 3 is 1.56 bits per heavy atom. The maximum absolute atomic E-state index is 7.15. The summed E-state index contributed by atoms with van der Waals surface area (Å²) in [5.41, 5.74) is 22.0. The normalized spacial score (nSPS) is 16.6. The van der Waals surface area contributed by atoms with Crippen molar-refractivity contribution >= 4 is 112 Å². The van der Waals surface area contributed by atoms with Crippen molar-refractivity contribution in [2.24, 2.45) is 11.3 Å². The SMILES string of the molecule is Cc1cc2c3c(c1)N(c1ccc(C(C)(C)C)cc1)c1c4c(cc5c1oc1ccccc15)N(c1ccccc1)c1c(c(cc5c1oc1ccccc15)N2C1=CC=C(C(C)(C)C)C(C)C1)B34. The molecule has 9 aromatic rings. The molecule has 1 unspecified atom stereocenters. The number of rotatable bonds is 3. The predicted molar refractivity (Wildman–Crippen MR) is 270 cm³/mol. The Morgan fingerprint density at radius 1 is 0.516 bits per heavy atom. The molecule has 312 valence electrons. The number of nitrogens with zero attached hydrogens (tertiary/aromatic N) is 3. The Kier molecular flexibility index (Phi) is 7.55. The highest BCUT2D eigenvalue weighted by molar-refractivity contribution is 7.03. The van der Waals surface area contributed by atoms with Crippen molar-refractivity contribution in [1.82, 2.24) is 0 Å². The molecule has 0 fully saturated rings. The highest BCUT2D eigenvalue weighted by atomic mass is 16.3. The molecule has 64 heavy (non-hydrogen) atoms. The molecular formula is C58H50BN3O2. The Labute approximate surface area is 375 Å². The molecule has 1 atom stereocenters. The number of hydrogen-bond donors (Lipinski definition) is 0. The summed E-state index contributed by atoms with van der Waals surface area (Å²) >= 11 is 0. The maximum Gasteiger partial charge on any atom is 0.258 e. The average Bonchev–Trinajstić information content (AvgIpc) is 3.84. The quantitative estimate of drug-likeness (QED) is 0.166. The van der Waals surface area contributed by atoms with Gasteiger partial charge in [0.2, 0.25) is 0 Å². The van der Waals surface area contributed by atoms with Gasteiger partial charge in [0.25, 0.3) is 6.71 Å². The van der Waals surface area contributed by atoms with Crippen LogP contribution in [0.15, 0.2) is 160 Å². The largest absolute Gasteiger partial charge is 0.454 e. The predicted octanol–water partition coefficient (Wildman–Crippen LogP) is 14.5. The number of hydrogen-bond acceptors (Lipinski definition) is 5. The van der Waals surface area contributed by atoms with Crippen molar-refractivity contribution in [1.29, 1.82) is 0 Å². The fourth-order valence-corrected chi connectivity index (χ4v) is 11.8. The van der Waals surface area contributed by atoms with Crippen LogP contribution in [0.2, 0.25) is 0 Å². The maximum atomic E-state index is 7.15. The summed E-state index contributed by atoms with van der Waals surface area (Å²) in [6, 6.07) is 47.0. The van der Waals surface area contributed by atoms with Gasteiger partial charge in [-0.25, -0.2) is 0 Å². The van der Waals surface area contributed by atoms with Gasteiger partial charge >= 0.3 is 0 Å². The van der Waals surface area contributed by atoms with Crippen LogP contribution in [0.3, 0.4) is 0 Å². The van der Waals surface area contributed by atoms with Crippen molar-refractivity contribution < 1.29 is 8.83 Å². The summed E-state index contributed by atoms with van der Waals surface area (Å²) in [5, 5.41) is 4.44.